The molecule has 0 atom stereocenters. The Hall–Kier alpha value is -3.01. The van der Waals surface area contributed by atoms with Crippen molar-refractivity contribution in [3.8, 4) is 0 Å². The van der Waals surface area contributed by atoms with Crippen molar-refractivity contribution >= 4 is 27.5 Å². The van der Waals surface area contributed by atoms with Crippen molar-refractivity contribution < 1.29 is 22.4 Å². The number of piperidine rings is 1. The van der Waals surface area contributed by atoms with E-state index < -0.39 is 15.8 Å². The van der Waals surface area contributed by atoms with Gasteiger partial charge in [0.25, 0.3) is 15.9 Å². The van der Waals surface area contributed by atoms with Crippen LogP contribution in [0.25, 0.3) is 0 Å². The summed E-state index contributed by atoms with van der Waals surface area (Å²) in [7, 11) is -3.95. The number of primary amides is 1. The number of hydrogen-bond donors (Lipinski definition) is 2. The molecule has 0 radical (unpaired) electrons. The van der Waals surface area contributed by atoms with E-state index in [4.69, 9.17) is 5.73 Å². The molecule has 28 heavy (non-hydrogen) atoms. The summed E-state index contributed by atoms with van der Waals surface area (Å²) in [6.07, 6.45) is 3.60. The van der Waals surface area contributed by atoms with Crippen molar-refractivity contribution in [2.45, 2.75) is 17.7 Å². The minimum atomic E-state index is -3.95. The number of nitrogens with one attached hydrogen (secondary N) is 1. The molecule has 148 valence electrons. The first-order chi connectivity index (χ1) is 13.3. The molecule has 10 heteroatoms. The standard InChI is InChI=1S/C18H19FN4O4S/c19-14-1-3-16(4-2-14)28(26,27)22-15-9-13(10-21-11-15)18(25)23-7-5-12(6-8-23)17(20)24/h1-4,9-12,22H,5-8H2,(H2,20,24). The highest BCUT2D eigenvalue weighted by Gasteiger charge is 2.27. The summed E-state index contributed by atoms with van der Waals surface area (Å²) >= 11 is 0. The Morgan fingerprint density at radius 1 is 1.14 bits per heavy atom. The van der Waals surface area contributed by atoms with Gasteiger partial charge in [-0.05, 0) is 43.2 Å². The quantitative estimate of drug-likeness (QED) is 0.776. The van der Waals surface area contributed by atoms with Crippen LogP contribution in [0.3, 0.4) is 0 Å². The van der Waals surface area contributed by atoms with Crippen molar-refractivity contribution in [2.75, 3.05) is 17.8 Å². The highest BCUT2D eigenvalue weighted by molar-refractivity contribution is 7.92. The van der Waals surface area contributed by atoms with Crippen LogP contribution >= 0.6 is 0 Å². The number of benzene rings is 1. The fourth-order valence-corrected chi connectivity index (χ4v) is 4.02. The molecule has 0 bridgehead atoms. The largest absolute Gasteiger partial charge is 0.369 e. The third-order valence-corrected chi connectivity index (χ3v) is 5.94. The summed E-state index contributed by atoms with van der Waals surface area (Å²) in [6.45, 7) is 0.774. The first-order valence-corrected chi connectivity index (χ1v) is 10.1. The topological polar surface area (TPSA) is 122 Å². The van der Waals surface area contributed by atoms with Crippen LogP contribution < -0.4 is 10.5 Å². The van der Waals surface area contributed by atoms with E-state index in [0.29, 0.717) is 25.9 Å². The molecule has 8 nitrogen and oxygen atoms in total. The number of anilines is 1. The van der Waals surface area contributed by atoms with Gasteiger partial charge in [0.15, 0.2) is 0 Å². The second-order valence-corrected chi connectivity index (χ2v) is 8.17. The van der Waals surface area contributed by atoms with Crippen molar-refractivity contribution in [3.63, 3.8) is 0 Å². The van der Waals surface area contributed by atoms with Gasteiger partial charge in [0.2, 0.25) is 5.91 Å². The molecular formula is C18H19FN4O4S. The number of halogens is 1. The molecule has 1 aliphatic heterocycles. The second kappa shape index (κ2) is 7.93. The Kier molecular flexibility index (Phi) is 5.59. The lowest BCUT2D eigenvalue weighted by Gasteiger charge is -2.30. The van der Waals surface area contributed by atoms with Crippen LogP contribution in [0.5, 0.6) is 0 Å². The monoisotopic (exact) mass is 406 g/mol. The maximum Gasteiger partial charge on any atom is 0.261 e. The number of rotatable bonds is 5. The third-order valence-electron chi connectivity index (χ3n) is 4.55. The number of nitrogens with two attached hydrogens (primary N) is 1. The predicted octanol–water partition coefficient (Wildman–Crippen LogP) is 1.36. The molecule has 2 amide bonds. The van der Waals surface area contributed by atoms with Crippen molar-refractivity contribution in [2.24, 2.45) is 11.7 Å². The van der Waals surface area contributed by atoms with Crippen LogP contribution in [0, 0.1) is 11.7 Å². The first-order valence-electron chi connectivity index (χ1n) is 8.58. The van der Waals surface area contributed by atoms with Gasteiger partial charge in [0, 0.05) is 25.2 Å². The molecule has 1 aromatic carbocycles. The normalized spacial score (nSPS) is 15.2. The van der Waals surface area contributed by atoms with Crippen LogP contribution in [-0.4, -0.2) is 43.2 Å². The lowest BCUT2D eigenvalue weighted by Crippen LogP contribution is -2.41. The fraction of sp³-hybridized carbons (Fsp3) is 0.278. The van der Waals surface area contributed by atoms with E-state index in [1.165, 1.54) is 18.5 Å². The SMILES string of the molecule is NC(=O)C1CCN(C(=O)c2cncc(NS(=O)(=O)c3ccc(F)cc3)c2)CC1. The number of pyridine rings is 1. The van der Waals surface area contributed by atoms with E-state index in [9.17, 15) is 22.4 Å². The van der Waals surface area contributed by atoms with E-state index >= 15 is 0 Å². The molecule has 1 aliphatic rings. The molecule has 0 saturated carbocycles. The summed E-state index contributed by atoms with van der Waals surface area (Å²) in [5, 5.41) is 0. The average Bonchev–Trinajstić information content (AvgIpc) is 2.67. The van der Waals surface area contributed by atoms with E-state index in [1.807, 2.05) is 0 Å². The number of carbonyl (C=O) groups is 2. The van der Waals surface area contributed by atoms with Crippen LogP contribution in [0.2, 0.25) is 0 Å². The van der Waals surface area contributed by atoms with Gasteiger partial charge in [-0.2, -0.15) is 0 Å². The zero-order valence-electron chi connectivity index (χ0n) is 14.8. The van der Waals surface area contributed by atoms with Crippen LogP contribution in [0.15, 0.2) is 47.6 Å². The van der Waals surface area contributed by atoms with E-state index in [-0.39, 0.29) is 33.9 Å². The van der Waals surface area contributed by atoms with E-state index in [0.717, 1.165) is 24.3 Å². The molecule has 1 aromatic heterocycles. The Bertz CT molecular complexity index is 987. The number of likely N-dealkylation sites (tertiary alicyclic amines) is 1. The molecule has 1 fully saturated rings. The number of carbonyl (C=O) groups excluding carboxylic acids is 2. The van der Waals surface area contributed by atoms with Gasteiger partial charge in [-0.25, -0.2) is 12.8 Å². The van der Waals surface area contributed by atoms with Gasteiger partial charge in [0.05, 0.1) is 22.3 Å². The molecule has 0 spiro atoms. The summed E-state index contributed by atoms with van der Waals surface area (Å²) < 4.78 is 40.1. The molecule has 0 unspecified atom stereocenters. The number of amides is 2. The van der Waals surface area contributed by atoms with Gasteiger partial charge in [-0.15, -0.1) is 0 Å². The predicted molar refractivity (Wildman–Crippen MR) is 99.3 cm³/mol. The average molecular weight is 406 g/mol. The molecular weight excluding hydrogens is 387 g/mol. The first kappa shape index (κ1) is 19.7. The van der Waals surface area contributed by atoms with Gasteiger partial charge in [0.1, 0.15) is 5.82 Å². The minimum Gasteiger partial charge on any atom is -0.369 e. The smallest absolute Gasteiger partial charge is 0.261 e. The minimum absolute atomic E-state index is 0.112. The molecule has 3 rings (SSSR count). The molecule has 2 aromatic rings. The summed E-state index contributed by atoms with van der Waals surface area (Å²) in [6, 6.07) is 5.76. The Morgan fingerprint density at radius 2 is 1.79 bits per heavy atom. The Labute approximate surface area is 161 Å². The van der Waals surface area contributed by atoms with Crippen molar-refractivity contribution in [1.29, 1.82) is 0 Å². The molecule has 0 aliphatic carbocycles. The fourth-order valence-electron chi connectivity index (χ4n) is 2.99. The maximum atomic E-state index is 13.0. The van der Waals surface area contributed by atoms with Crippen LogP contribution in [-0.2, 0) is 14.8 Å². The van der Waals surface area contributed by atoms with Gasteiger partial charge < -0.3 is 10.6 Å². The third kappa shape index (κ3) is 4.45. The number of hydrogen-bond acceptors (Lipinski definition) is 5. The van der Waals surface area contributed by atoms with Gasteiger partial charge in [-0.1, -0.05) is 0 Å². The molecule has 3 N–H and O–H groups in total. The number of aromatic nitrogens is 1. The highest BCUT2D eigenvalue weighted by Crippen LogP contribution is 2.21. The number of sulfonamides is 1. The van der Waals surface area contributed by atoms with Crippen LogP contribution in [0.1, 0.15) is 23.2 Å². The van der Waals surface area contributed by atoms with Gasteiger partial charge in [-0.3, -0.25) is 19.3 Å². The Morgan fingerprint density at radius 3 is 2.39 bits per heavy atom. The summed E-state index contributed by atoms with van der Waals surface area (Å²) in [5.74, 6) is -1.46. The lowest BCUT2D eigenvalue weighted by molar-refractivity contribution is -0.123. The van der Waals surface area contributed by atoms with Crippen LogP contribution in [0.4, 0.5) is 10.1 Å². The summed E-state index contributed by atoms with van der Waals surface area (Å²) in [5.41, 5.74) is 5.63. The van der Waals surface area contributed by atoms with Crippen molar-refractivity contribution in [1.82, 2.24) is 9.88 Å². The zero-order valence-corrected chi connectivity index (χ0v) is 15.7. The number of nitrogens with zero attached hydrogens (tertiary/aromatic N) is 2. The molecule has 2 heterocycles. The molecule has 1 saturated heterocycles. The second-order valence-electron chi connectivity index (χ2n) is 6.49. The highest BCUT2D eigenvalue weighted by atomic mass is 32.2. The van der Waals surface area contributed by atoms with E-state index in [1.54, 1.807) is 4.90 Å². The van der Waals surface area contributed by atoms with E-state index in [2.05, 4.69) is 9.71 Å². The summed E-state index contributed by atoms with van der Waals surface area (Å²) in [4.78, 5) is 29.3. The van der Waals surface area contributed by atoms with Crippen molar-refractivity contribution in [3.05, 3.63) is 54.1 Å². The Balaban J connectivity index is 1.72. The lowest BCUT2D eigenvalue weighted by atomic mass is 9.96. The maximum absolute atomic E-state index is 13.0. The van der Waals surface area contributed by atoms with Gasteiger partial charge >= 0.3 is 0 Å². The zero-order chi connectivity index (χ0) is 20.3.